The van der Waals surface area contributed by atoms with Gasteiger partial charge >= 0.3 is 0 Å². The minimum absolute atomic E-state index is 0.0791. The fourth-order valence-electron chi connectivity index (χ4n) is 3.99. The summed E-state index contributed by atoms with van der Waals surface area (Å²) in [6.07, 6.45) is 4.69. The number of anilines is 2. The van der Waals surface area contributed by atoms with Crippen molar-refractivity contribution in [2.75, 3.05) is 10.6 Å². The minimum atomic E-state index is -0.178. The van der Waals surface area contributed by atoms with Crippen LogP contribution in [0.5, 0.6) is 0 Å². The van der Waals surface area contributed by atoms with Crippen LogP contribution >= 0.6 is 22.7 Å². The molecule has 2 N–H and O–H groups in total. The molecule has 1 aliphatic carbocycles. The highest BCUT2D eigenvalue weighted by molar-refractivity contribution is 7.18. The first kappa shape index (κ1) is 22.7. The van der Waals surface area contributed by atoms with Crippen molar-refractivity contribution in [2.45, 2.75) is 59.4 Å². The maximum Gasteiger partial charge on any atom is 0.267 e. The molecule has 2 aromatic heterocycles. The number of benzene rings is 1. The Hall–Kier alpha value is -2.51. The van der Waals surface area contributed by atoms with E-state index < -0.39 is 0 Å². The molecule has 0 radical (unpaired) electrons. The maximum absolute atomic E-state index is 12.8. The Balaban J connectivity index is 1.38. The number of ketones is 1. The van der Waals surface area contributed by atoms with Gasteiger partial charge in [-0.1, -0.05) is 56.7 Å². The van der Waals surface area contributed by atoms with Crippen LogP contribution in [0.4, 0.5) is 10.8 Å². The lowest BCUT2D eigenvalue weighted by Crippen LogP contribution is -2.26. The van der Waals surface area contributed by atoms with Gasteiger partial charge in [0.05, 0.1) is 15.4 Å². The van der Waals surface area contributed by atoms with Gasteiger partial charge in [-0.05, 0) is 48.4 Å². The third-order valence-electron chi connectivity index (χ3n) is 5.61. The van der Waals surface area contributed by atoms with Crippen LogP contribution < -0.4 is 10.6 Å². The molecule has 4 rings (SSSR count). The molecule has 32 heavy (non-hydrogen) atoms. The van der Waals surface area contributed by atoms with Crippen molar-refractivity contribution in [3.63, 3.8) is 0 Å². The van der Waals surface area contributed by atoms with E-state index >= 15 is 0 Å². The lowest BCUT2D eigenvalue weighted by atomic mass is 9.78. The van der Waals surface area contributed by atoms with Crippen LogP contribution in [-0.2, 0) is 19.4 Å². The van der Waals surface area contributed by atoms with Gasteiger partial charge in [0.15, 0.2) is 10.9 Å². The normalized spacial score (nSPS) is 14.8. The van der Waals surface area contributed by atoms with E-state index in [0.717, 1.165) is 29.1 Å². The number of carbonyl (C=O) groups is 2. The number of rotatable bonds is 8. The Bertz CT molecular complexity index is 1130. The number of para-hydroxylation sites is 1. The Labute approximate surface area is 197 Å². The average molecular weight is 468 g/mol. The molecular formula is C25H29N3O2S2. The largest absolute Gasteiger partial charge is 0.380 e. The third-order valence-corrected chi connectivity index (χ3v) is 7.75. The Morgan fingerprint density at radius 3 is 2.75 bits per heavy atom. The molecule has 1 aliphatic rings. The van der Waals surface area contributed by atoms with Gasteiger partial charge in [0.25, 0.3) is 5.91 Å². The molecule has 0 aliphatic heterocycles. The molecule has 2 heterocycles. The summed E-state index contributed by atoms with van der Waals surface area (Å²) < 4.78 is 0. The first-order valence-electron chi connectivity index (χ1n) is 11.1. The first-order valence-corrected chi connectivity index (χ1v) is 12.7. The number of fused-ring (bicyclic) bond motifs is 1. The van der Waals surface area contributed by atoms with E-state index in [1.165, 1.54) is 41.1 Å². The fraction of sp³-hybridized carbons (Fsp3) is 0.400. The summed E-state index contributed by atoms with van der Waals surface area (Å²) in [5.74, 6) is -0.0552. The van der Waals surface area contributed by atoms with Gasteiger partial charge in [-0.2, -0.15) is 0 Å². The summed E-state index contributed by atoms with van der Waals surface area (Å²) in [6.45, 7) is 7.04. The van der Waals surface area contributed by atoms with E-state index in [9.17, 15) is 9.59 Å². The van der Waals surface area contributed by atoms with Crippen molar-refractivity contribution in [3.05, 3.63) is 62.3 Å². The Morgan fingerprint density at radius 1 is 1.12 bits per heavy atom. The predicted molar refractivity (Wildman–Crippen MR) is 133 cm³/mol. The van der Waals surface area contributed by atoms with Gasteiger partial charge < -0.3 is 5.32 Å². The number of aromatic nitrogens is 1. The molecule has 0 unspecified atom stereocenters. The average Bonchev–Trinajstić information content (AvgIpc) is 3.37. The van der Waals surface area contributed by atoms with Crippen LogP contribution in [0.3, 0.4) is 0 Å². The van der Waals surface area contributed by atoms with Crippen LogP contribution in [0.2, 0.25) is 0 Å². The van der Waals surface area contributed by atoms with Crippen molar-refractivity contribution >= 4 is 45.2 Å². The standard InChI is InChI=1S/C25H29N3O2S2/c1-4-5-8-16-9-6-7-10-18(16)26-15-17-11-12-21(31-17)23(30)28-24-27-19-13-25(2,3)14-20(29)22(19)32-24/h6-7,9-12,26H,4-5,8,13-15H2,1-3H3,(H,27,28,30). The van der Waals surface area contributed by atoms with Crippen LogP contribution in [0.15, 0.2) is 36.4 Å². The number of nitrogens with zero attached hydrogens (tertiary/aromatic N) is 1. The summed E-state index contributed by atoms with van der Waals surface area (Å²) in [5.41, 5.74) is 3.21. The molecule has 168 valence electrons. The number of thiophene rings is 1. The third kappa shape index (κ3) is 5.27. The number of hydrogen-bond acceptors (Lipinski definition) is 6. The summed E-state index contributed by atoms with van der Waals surface area (Å²) in [7, 11) is 0. The van der Waals surface area contributed by atoms with Gasteiger partial charge in [-0.25, -0.2) is 4.98 Å². The number of nitrogens with one attached hydrogen (secondary N) is 2. The molecule has 0 atom stereocenters. The number of aryl methyl sites for hydroxylation is 1. The van der Waals surface area contributed by atoms with Crippen LogP contribution in [0.1, 0.15) is 75.5 Å². The zero-order chi connectivity index (χ0) is 22.7. The summed E-state index contributed by atoms with van der Waals surface area (Å²) in [5, 5.41) is 6.91. The maximum atomic E-state index is 12.8. The van der Waals surface area contributed by atoms with Gasteiger partial charge in [0, 0.05) is 23.5 Å². The highest BCUT2D eigenvalue weighted by atomic mass is 32.1. The number of amides is 1. The number of Topliss-reactive ketones (excluding diaryl/α,β-unsaturated/α-hetero) is 1. The molecule has 5 nitrogen and oxygen atoms in total. The lowest BCUT2D eigenvalue weighted by molar-refractivity contribution is 0.0915. The molecule has 0 spiro atoms. The van der Waals surface area contributed by atoms with E-state index in [0.29, 0.717) is 27.9 Å². The Morgan fingerprint density at radius 2 is 1.94 bits per heavy atom. The first-order chi connectivity index (χ1) is 15.3. The van der Waals surface area contributed by atoms with Crippen LogP contribution in [0.25, 0.3) is 0 Å². The SMILES string of the molecule is CCCCc1ccccc1NCc1ccc(C(=O)Nc2nc3c(s2)C(=O)CC(C)(C)C3)s1. The van der Waals surface area contributed by atoms with Crippen molar-refractivity contribution in [1.82, 2.24) is 4.98 Å². The monoisotopic (exact) mass is 467 g/mol. The van der Waals surface area contributed by atoms with Crippen molar-refractivity contribution in [3.8, 4) is 0 Å². The summed E-state index contributed by atoms with van der Waals surface area (Å²) in [6, 6.07) is 12.2. The highest BCUT2D eigenvalue weighted by Crippen LogP contribution is 2.38. The highest BCUT2D eigenvalue weighted by Gasteiger charge is 2.34. The number of carbonyl (C=O) groups excluding carboxylic acids is 2. The van der Waals surface area contributed by atoms with E-state index in [1.54, 1.807) is 0 Å². The van der Waals surface area contributed by atoms with Crippen molar-refractivity contribution < 1.29 is 9.59 Å². The number of thiazole rings is 1. The molecule has 3 aromatic rings. The van der Waals surface area contributed by atoms with E-state index in [1.807, 2.05) is 18.2 Å². The molecule has 0 saturated carbocycles. The zero-order valence-electron chi connectivity index (χ0n) is 18.8. The van der Waals surface area contributed by atoms with E-state index in [2.05, 4.69) is 54.6 Å². The Kier molecular flexibility index (Phi) is 6.76. The number of hydrogen-bond donors (Lipinski definition) is 2. The smallest absolute Gasteiger partial charge is 0.267 e. The van der Waals surface area contributed by atoms with E-state index in [-0.39, 0.29) is 17.1 Å². The zero-order valence-corrected chi connectivity index (χ0v) is 20.4. The summed E-state index contributed by atoms with van der Waals surface area (Å²) in [4.78, 5) is 32.1. The molecule has 7 heteroatoms. The van der Waals surface area contributed by atoms with Gasteiger partial charge in [-0.15, -0.1) is 11.3 Å². The van der Waals surface area contributed by atoms with Gasteiger partial charge in [-0.3, -0.25) is 14.9 Å². The minimum Gasteiger partial charge on any atom is -0.380 e. The van der Waals surface area contributed by atoms with Crippen LogP contribution in [0, 0.1) is 5.41 Å². The summed E-state index contributed by atoms with van der Waals surface area (Å²) >= 11 is 2.76. The fourth-order valence-corrected chi connectivity index (χ4v) is 5.74. The van der Waals surface area contributed by atoms with Crippen molar-refractivity contribution in [2.24, 2.45) is 5.41 Å². The van der Waals surface area contributed by atoms with Crippen molar-refractivity contribution in [1.29, 1.82) is 0 Å². The van der Waals surface area contributed by atoms with Gasteiger partial charge in [0.1, 0.15) is 0 Å². The number of unbranched alkanes of at least 4 members (excludes halogenated alkanes) is 1. The second-order valence-corrected chi connectivity index (χ2v) is 11.2. The second-order valence-electron chi connectivity index (χ2n) is 9.07. The second kappa shape index (κ2) is 9.55. The molecule has 1 aromatic carbocycles. The predicted octanol–water partition coefficient (Wildman–Crippen LogP) is 6.57. The molecule has 0 bridgehead atoms. The quantitative estimate of drug-likeness (QED) is 0.393. The van der Waals surface area contributed by atoms with E-state index in [4.69, 9.17) is 0 Å². The topological polar surface area (TPSA) is 71.1 Å². The molecule has 0 fully saturated rings. The molecular weight excluding hydrogens is 438 g/mol. The van der Waals surface area contributed by atoms with Gasteiger partial charge in [0.2, 0.25) is 0 Å². The molecule has 0 saturated heterocycles. The van der Waals surface area contributed by atoms with Crippen LogP contribution in [-0.4, -0.2) is 16.7 Å². The molecule has 1 amide bonds. The lowest BCUT2D eigenvalue weighted by Gasteiger charge is -2.26.